The van der Waals surface area contributed by atoms with Crippen LogP contribution in [0.5, 0.6) is 0 Å². The fraction of sp³-hybridized carbons (Fsp3) is 0.895. The molecule has 2 amide bonds. The van der Waals surface area contributed by atoms with Crippen LogP contribution in [-0.4, -0.2) is 101 Å². The van der Waals surface area contributed by atoms with Gasteiger partial charge in [-0.15, -0.1) is 0 Å². The summed E-state index contributed by atoms with van der Waals surface area (Å²) >= 11 is 0. The molecular formula is C38H76N2O8P2. The van der Waals surface area contributed by atoms with Gasteiger partial charge in [0.05, 0.1) is 52.9 Å². The Morgan fingerprint density at radius 1 is 0.500 bits per heavy atom. The number of hydrogen-bond donors (Lipinski definition) is 1. The lowest BCUT2D eigenvalue weighted by Gasteiger charge is -2.23. The third-order valence-electron chi connectivity index (χ3n) is 8.10. The highest BCUT2D eigenvalue weighted by atomic mass is 31.0. The second kappa shape index (κ2) is 44.1. The predicted molar refractivity (Wildman–Crippen MR) is 212 cm³/mol. The summed E-state index contributed by atoms with van der Waals surface area (Å²) in [5.74, 6) is 0.00807. The molecule has 50 heavy (non-hydrogen) atoms. The molecule has 0 aliphatic heterocycles. The van der Waals surface area contributed by atoms with E-state index in [4.69, 9.17) is 18.9 Å². The Hall–Kier alpha value is -1.02. The molecule has 2 atom stereocenters. The van der Waals surface area contributed by atoms with Gasteiger partial charge in [0.15, 0.2) is 11.0 Å². The van der Waals surface area contributed by atoms with Gasteiger partial charge in [0.2, 0.25) is 12.3 Å². The van der Waals surface area contributed by atoms with Crippen molar-refractivity contribution in [3.05, 3.63) is 0 Å². The van der Waals surface area contributed by atoms with Crippen molar-refractivity contribution in [1.82, 2.24) is 10.2 Å². The van der Waals surface area contributed by atoms with E-state index in [1.807, 2.05) is 0 Å². The molecule has 0 aliphatic rings. The first kappa shape index (κ1) is 51.1. The molecule has 2 unspecified atom stereocenters. The summed E-state index contributed by atoms with van der Waals surface area (Å²) in [5.41, 5.74) is 0.0110. The van der Waals surface area contributed by atoms with Crippen molar-refractivity contribution in [3.8, 4) is 0 Å². The topological polar surface area (TPSA) is 120 Å². The van der Waals surface area contributed by atoms with Crippen molar-refractivity contribution in [3.63, 3.8) is 0 Å². The number of hydrogen-bond acceptors (Lipinski definition) is 8. The summed E-state index contributed by atoms with van der Waals surface area (Å²) in [5, 5.41) is 2.58. The molecule has 0 aromatic heterocycles. The van der Waals surface area contributed by atoms with E-state index in [9.17, 15) is 19.2 Å². The maximum atomic E-state index is 12.5. The van der Waals surface area contributed by atoms with E-state index < -0.39 is 0 Å². The van der Waals surface area contributed by atoms with Crippen molar-refractivity contribution in [1.29, 1.82) is 0 Å². The second-order valence-corrected chi connectivity index (χ2v) is 14.0. The quantitative estimate of drug-likeness (QED) is 0.0387. The highest BCUT2D eigenvalue weighted by molar-refractivity contribution is 7.40. The lowest BCUT2D eigenvalue weighted by Crippen LogP contribution is -2.37. The first-order chi connectivity index (χ1) is 24.4. The van der Waals surface area contributed by atoms with Crippen LogP contribution in [0.4, 0.5) is 0 Å². The van der Waals surface area contributed by atoms with Gasteiger partial charge in [-0.3, -0.25) is 19.2 Å². The van der Waals surface area contributed by atoms with Crippen LogP contribution < -0.4 is 5.32 Å². The number of carbonyl (C=O) groups excluding carboxylic acids is 4. The molecule has 0 aliphatic carbocycles. The second-order valence-electron chi connectivity index (χ2n) is 12.7. The lowest BCUT2D eigenvalue weighted by atomic mass is 10.0. The minimum Gasteiger partial charge on any atom is -0.379 e. The van der Waals surface area contributed by atoms with Gasteiger partial charge in [0.1, 0.15) is 0 Å². The van der Waals surface area contributed by atoms with Crippen LogP contribution in [0, 0.1) is 0 Å². The highest BCUT2D eigenvalue weighted by Gasteiger charge is 2.13. The van der Waals surface area contributed by atoms with Gasteiger partial charge in [0.25, 0.3) is 0 Å². The molecule has 0 spiro atoms. The van der Waals surface area contributed by atoms with E-state index in [1.54, 1.807) is 4.90 Å². The molecule has 0 saturated carbocycles. The van der Waals surface area contributed by atoms with E-state index in [0.29, 0.717) is 105 Å². The third-order valence-corrected chi connectivity index (χ3v) is 8.67. The summed E-state index contributed by atoms with van der Waals surface area (Å²) < 4.78 is 21.6. The summed E-state index contributed by atoms with van der Waals surface area (Å²) in [4.78, 5) is 46.1. The monoisotopic (exact) mass is 751 g/mol. The Bertz CT molecular complexity index is 718. The Balaban J connectivity index is 0. The van der Waals surface area contributed by atoms with E-state index in [1.165, 1.54) is 103 Å². The molecule has 0 rings (SSSR count). The van der Waals surface area contributed by atoms with Gasteiger partial charge in [0, 0.05) is 38.9 Å². The van der Waals surface area contributed by atoms with E-state index in [0.717, 1.165) is 6.42 Å². The van der Waals surface area contributed by atoms with Crippen LogP contribution in [0.15, 0.2) is 0 Å². The van der Waals surface area contributed by atoms with Gasteiger partial charge in [-0.05, 0) is 12.8 Å². The minimum absolute atomic E-state index is 0.00551. The third kappa shape index (κ3) is 45.0. The average Bonchev–Trinajstić information content (AvgIpc) is 3.09. The van der Waals surface area contributed by atoms with Gasteiger partial charge < -0.3 is 29.2 Å². The van der Waals surface area contributed by atoms with Crippen LogP contribution in [0.2, 0.25) is 0 Å². The molecule has 0 radical (unpaired) electrons. The zero-order valence-electron chi connectivity index (χ0n) is 32.1. The molecule has 296 valence electrons. The summed E-state index contributed by atoms with van der Waals surface area (Å²) in [6.07, 6.45) is 26.6. The smallest absolute Gasteiger partial charge is 0.222 e. The molecule has 0 fully saturated rings. The Labute approximate surface area is 310 Å². The van der Waals surface area contributed by atoms with Crippen LogP contribution in [0.25, 0.3) is 0 Å². The Morgan fingerprint density at radius 3 is 1.20 bits per heavy atom. The molecule has 1 N–H and O–H groups in total. The molecule has 0 aromatic carbocycles. The van der Waals surface area contributed by atoms with Crippen molar-refractivity contribution in [2.24, 2.45) is 0 Å². The van der Waals surface area contributed by atoms with Crippen molar-refractivity contribution in [2.45, 2.75) is 149 Å². The normalized spacial score (nSPS) is 10.8. The molecular weight excluding hydrogens is 674 g/mol. The van der Waals surface area contributed by atoms with Gasteiger partial charge in [-0.1, -0.05) is 135 Å². The average molecular weight is 751 g/mol. The lowest BCUT2D eigenvalue weighted by molar-refractivity contribution is -0.133. The van der Waals surface area contributed by atoms with E-state index in [-0.39, 0.29) is 17.0 Å². The molecule has 10 nitrogen and oxygen atoms in total. The van der Waals surface area contributed by atoms with Gasteiger partial charge in [-0.25, -0.2) is 0 Å². The predicted octanol–water partition coefficient (Wildman–Crippen LogP) is 7.65. The number of ether oxygens (including phenoxy) is 4. The maximum absolute atomic E-state index is 12.5. The number of nitrogens with one attached hydrogen (secondary N) is 1. The summed E-state index contributed by atoms with van der Waals surface area (Å²) in [6.45, 7) is 9.03. The minimum atomic E-state index is 0.00551. The first-order valence-electron chi connectivity index (χ1n) is 19.7. The summed E-state index contributed by atoms with van der Waals surface area (Å²) in [6, 6.07) is 0. The SMILES string of the molecule is CCCCCCCCCCCCCCCCCC.O=CNCCCCC(=O)N(CCOCCOCCC(=O)P)CCOCCOCCC(=O)P. The van der Waals surface area contributed by atoms with E-state index in [2.05, 4.69) is 37.6 Å². The Kier molecular flexibility index (Phi) is 45.1. The zero-order valence-corrected chi connectivity index (χ0v) is 34.4. The Morgan fingerprint density at radius 2 is 0.860 bits per heavy atom. The maximum Gasteiger partial charge on any atom is 0.222 e. The number of carbonyl (C=O) groups is 4. The van der Waals surface area contributed by atoms with Crippen LogP contribution in [0.3, 0.4) is 0 Å². The van der Waals surface area contributed by atoms with Crippen molar-refractivity contribution < 1.29 is 38.1 Å². The summed E-state index contributed by atoms with van der Waals surface area (Å²) in [7, 11) is 4.21. The number of nitrogens with zero attached hydrogens (tertiary/aromatic N) is 1. The number of unbranched alkanes of at least 4 members (excludes halogenated alkanes) is 16. The zero-order chi connectivity index (χ0) is 37.2. The number of rotatable bonds is 39. The van der Waals surface area contributed by atoms with E-state index >= 15 is 0 Å². The van der Waals surface area contributed by atoms with Gasteiger partial charge >= 0.3 is 0 Å². The molecule has 0 aromatic rings. The molecule has 12 heteroatoms. The first-order valence-corrected chi connectivity index (χ1v) is 20.9. The van der Waals surface area contributed by atoms with Crippen LogP contribution in [-0.2, 0) is 38.1 Å². The molecule has 0 bridgehead atoms. The molecule has 0 heterocycles. The van der Waals surface area contributed by atoms with Gasteiger partial charge in [-0.2, -0.15) is 0 Å². The van der Waals surface area contributed by atoms with Crippen molar-refractivity contribution in [2.75, 3.05) is 72.5 Å². The largest absolute Gasteiger partial charge is 0.379 e. The number of amides is 2. The van der Waals surface area contributed by atoms with Crippen molar-refractivity contribution >= 4 is 41.8 Å². The van der Waals surface area contributed by atoms with Crippen LogP contribution in [0.1, 0.15) is 149 Å². The highest BCUT2D eigenvalue weighted by Crippen LogP contribution is 2.13. The van der Waals surface area contributed by atoms with Crippen LogP contribution >= 0.6 is 18.5 Å². The fourth-order valence-electron chi connectivity index (χ4n) is 5.04. The fourth-order valence-corrected chi connectivity index (χ4v) is 5.28. The standard InChI is InChI=1S/C20H38N2O8P2.C18H38/c23-17-21-6-2-1-3-18(24)22(7-11-29-15-13-27-9-4-19(25)31)8-12-30-16-14-28-10-5-20(26)32;1-3-5-7-9-11-13-15-17-18-16-14-12-10-8-6-4-2/h17H,1-16,31-32H2,(H,21,23);3-18H2,1-2H3. The molecule has 0 saturated heterocycles.